The van der Waals surface area contributed by atoms with Crippen LogP contribution in [-0.2, 0) is 14.3 Å². The molecule has 0 unspecified atom stereocenters. The normalized spacial score (nSPS) is 35.3. The Balaban J connectivity index is 1.61. The van der Waals surface area contributed by atoms with E-state index in [1.165, 1.54) is 0 Å². The molecule has 3 rings (SSSR count). The van der Waals surface area contributed by atoms with Crippen molar-refractivity contribution in [1.82, 2.24) is 10.2 Å². The van der Waals surface area contributed by atoms with E-state index in [1.54, 1.807) is 0 Å². The van der Waals surface area contributed by atoms with E-state index in [-0.39, 0.29) is 18.1 Å². The second-order valence-corrected chi connectivity index (χ2v) is 4.73. The van der Waals surface area contributed by atoms with Crippen LogP contribution in [-0.4, -0.2) is 61.9 Å². The van der Waals surface area contributed by atoms with E-state index < -0.39 is 6.10 Å². The first kappa shape index (κ1) is 11.9. The topological polar surface area (TPSA) is 50.8 Å². The van der Waals surface area contributed by atoms with E-state index >= 15 is 0 Å². The van der Waals surface area contributed by atoms with Gasteiger partial charge in [0.15, 0.2) is 6.10 Å². The van der Waals surface area contributed by atoms with Crippen molar-refractivity contribution >= 4 is 5.91 Å². The first-order chi connectivity index (χ1) is 8.84. The third-order valence-electron chi connectivity index (χ3n) is 3.50. The van der Waals surface area contributed by atoms with Crippen LogP contribution in [0.25, 0.3) is 0 Å². The molecule has 1 amide bonds. The van der Waals surface area contributed by atoms with Crippen LogP contribution < -0.4 is 5.32 Å². The van der Waals surface area contributed by atoms with E-state index in [0.29, 0.717) is 6.61 Å². The lowest BCUT2D eigenvalue weighted by atomic mass is 10.1. The minimum atomic E-state index is -0.458. The summed E-state index contributed by atoms with van der Waals surface area (Å²) in [4.78, 5) is 14.1. The number of piperazine rings is 1. The minimum absolute atomic E-state index is 0.0397. The molecule has 5 heteroatoms. The third kappa shape index (κ3) is 2.34. The predicted octanol–water partition coefficient (Wildman–Crippen LogP) is -0.303. The number of allylic oxidation sites excluding steroid dienone is 2. The molecule has 5 nitrogen and oxygen atoms in total. The summed E-state index contributed by atoms with van der Waals surface area (Å²) in [5.74, 6) is 0.0536. The van der Waals surface area contributed by atoms with E-state index in [1.807, 2.05) is 29.2 Å². The molecule has 3 atom stereocenters. The third-order valence-corrected chi connectivity index (χ3v) is 3.50. The number of hydrogen-bond acceptors (Lipinski definition) is 4. The smallest absolute Gasteiger partial charge is 0.254 e. The van der Waals surface area contributed by atoms with Gasteiger partial charge in [0.1, 0.15) is 12.2 Å². The lowest BCUT2D eigenvalue weighted by Crippen LogP contribution is -2.54. The van der Waals surface area contributed by atoms with Gasteiger partial charge < -0.3 is 19.7 Å². The van der Waals surface area contributed by atoms with E-state index in [9.17, 15) is 4.79 Å². The van der Waals surface area contributed by atoms with Gasteiger partial charge in [-0.15, -0.1) is 0 Å². The molecule has 0 aromatic carbocycles. The summed E-state index contributed by atoms with van der Waals surface area (Å²) in [5, 5.41) is 3.23. The second kappa shape index (κ2) is 5.22. The Hall–Kier alpha value is -1.17. The summed E-state index contributed by atoms with van der Waals surface area (Å²) in [6.07, 6.45) is 7.17. The summed E-state index contributed by atoms with van der Waals surface area (Å²) < 4.78 is 11.5. The average Bonchev–Trinajstić information content (AvgIpc) is 2.47. The van der Waals surface area contributed by atoms with Crippen molar-refractivity contribution in [3.8, 4) is 0 Å². The van der Waals surface area contributed by atoms with E-state index in [2.05, 4.69) is 5.32 Å². The highest BCUT2D eigenvalue weighted by Gasteiger charge is 2.35. The van der Waals surface area contributed by atoms with E-state index in [0.717, 1.165) is 26.2 Å². The minimum Gasteiger partial charge on any atom is -0.368 e. The molecule has 1 N–H and O–H groups in total. The molecule has 0 radical (unpaired) electrons. The van der Waals surface area contributed by atoms with Crippen LogP contribution in [0.1, 0.15) is 0 Å². The van der Waals surface area contributed by atoms with Crippen LogP contribution in [0.2, 0.25) is 0 Å². The quantitative estimate of drug-likeness (QED) is 0.694. The molecule has 98 valence electrons. The first-order valence-corrected chi connectivity index (χ1v) is 6.46. The molecule has 2 aliphatic heterocycles. The molecule has 18 heavy (non-hydrogen) atoms. The van der Waals surface area contributed by atoms with Gasteiger partial charge in [-0.3, -0.25) is 4.79 Å². The Morgan fingerprint density at radius 1 is 1.17 bits per heavy atom. The number of carbonyl (C=O) groups excluding carboxylic acids is 1. The number of fused-ring (bicyclic) bond motifs is 1. The predicted molar refractivity (Wildman–Crippen MR) is 66.1 cm³/mol. The number of carbonyl (C=O) groups is 1. The number of rotatable bonds is 1. The van der Waals surface area contributed by atoms with Crippen molar-refractivity contribution in [2.75, 3.05) is 32.8 Å². The van der Waals surface area contributed by atoms with Gasteiger partial charge in [0, 0.05) is 26.2 Å². The van der Waals surface area contributed by atoms with Gasteiger partial charge in [0.25, 0.3) is 5.91 Å². The van der Waals surface area contributed by atoms with Crippen LogP contribution in [0.5, 0.6) is 0 Å². The summed E-state index contributed by atoms with van der Waals surface area (Å²) in [6, 6.07) is 0. The van der Waals surface area contributed by atoms with Gasteiger partial charge in [-0.25, -0.2) is 0 Å². The number of hydrogen-bond donors (Lipinski definition) is 1. The molecule has 2 heterocycles. The van der Waals surface area contributed by atoms with Crippen LogP contribution in [0.4, 0.5) is 0 Å². The Morgan fingerprint density at radius 2 is 1.89 bits per heavy atom. The Kier molecular flexibility index (Phi) is 3.45. The number of ether oxygens (including phenoxy) is 2. The number of amides is 1. The molecular weight excluding hydrogens is 232 g/mol. The van der Waals surface area contributed by atoms with Gasteiger partial charge in [0.05, 0.1) is 6.61 Å². The van der Waals surface area contributed by atoms with Crippen molar-refractivity contribution < 1.29 is 14.3 Å². The maximum atomic E-state index is 12.3. The molecule has 0 saturated carbocycles. The number of nitrogens with one attached hydrogen (secondary N) is 1. The fourth-order valence-corrected chi connectivity index (χ4v) is 2.49. The zero-order valence-electron chi connectivity index (χ0n) is 10.2. The summed E-state index contributed by atoms with van der Waals surface area (Å²) >= 11 is 0. The Morgan fingerprint density at radius 3 is 2.67 bits per heavy atom. The molecular formula is C13H18N2O3. The molecule has 0 aromatic heterocycles. The maximum Gasteiger partial charge on any atom is 0.254 e. The molecule has 0 spiro atoms. The lowest BCUT2D eigenvalue weighted by molar-refractivity contribution is -0.177. The monoisotopic (exact) mass is 250 g/mol. The summed E-state index contributed by atoms with van der Waals surface area (Å²) in [5.41, 5.74) is 0. The van der Waals surface area contributed by atoms with E-state index in [4.69, 9.17) is 9.47 Å². The largest absolute Gasteiger partial charge is 0.368 e. The highest BCUT2D eigenvalue weighted by atomic mass is 16.6. The molecule has 3 aliphatic rings. The fraction of sp³-hybridized carbons (Fsp3) is 0.615. The van der Waals surface area contributed by atoms with Gasteiger partial charge in [-0.2, -0.15) is 0 Å². The standard InChI is InChI=1S/C13H18N2O3/c16-13(15-7-5-14-6-8-15)12-9-17-10-3-1-2-4-11(10)18-12/h1-4,10-12,14H,5-9H2/t10-,11+,12+/m1/s1. The zero-order valence-corrected chi connectivity index (χ0v) is 10.2. The molecule has 0 aromatic rings. The highest BCUT2D eigenvalue weighted by Crippen LogP contribution is 2.21. The van der Waals surface area contributed by atoms with Crippen molar-refractivity contribution in [3.63, 3.8) is 0 Å². The molecule has 1 aliphatic carbocycles. The molecule has 2 fully saturated rings. The fourth-order valence-electron chi connectivity index (χ4n) is 2.49. The van der Waals surface area contributed by atoms with Crippen molar-refractivity contribution in [1.29, 1.82) is 0 Å². The Labute approximate surface area is 106 Å². The van der Waals surface area contributed by atoms with Gasteiger partial charge >= 0.3 is 0 Å². The lowest BCUT2D eigenvalue weighted by Gasteiger charge is -2.37. The van der Waals surface area contributed by atoms with Crippen molar-refractivity contribution in [3.05, 3.63) is 24.3 Å². The Bertz CT molecular complexity index is 374. The van der Waals surface area contributed by atoms with Crippen molar-refractivity contribution in [2.45, 2.75) is 18.3 Å². The first-order valence-electron chi connectivity index (χ1n) is 6.46. The highest BCUT2D eigenvalue weighted by molar-refractivity contribution is 5.81. The van der Waals surface area contributed by atoms with Gasteiger partial charge in [0.2, 0.25) is 0 Å². The van der Waals surface area contributed by atoms with Crippen LogP contribution in [0.15, 0.2) is 24.3 Å². The second-order valence-electron chi connectivity index (χ2n) is 4.73. The number of nitrogens with zero attached hydrogens (tertiary/aromatic N) is 1. The SMILES string of the molecule is O=C([C@@H]1CO[C@@H]2C=CC=C[C@@H]2O1)N1CCNCC1. The van der Waals surface area contributed by atoms with Crippen LogP contribution in [0, 0.1) is 0 Å². The maximum absolute atomic E-state index is 12.3. The summed E-state index contributed by atoms with van der Waals surface area (Å²) in [7, 11) is 0. The van der Waals surface area contributed by atoms with Gasteiger partial charge in [-0.05, 0) is 0 Å². The van der Waals surface area contributed by atoms with Crippen molar-refractivity contribution in [2.24, 2.45) is 0 Å². The molecule has 0 bridgehead atoms. The average molecular weight is 250 g/mol. The van der Waals surface area contributed by atoms with Crippen LogP contribution in [0.3, 0.4) is 0 Å². The summed E-state index contributed by atoms with van der Waals surface area (Å²) in [6.45, 7) is 3.56. The molecule has 2 saturated heterocycles. The van der Waals surface area contributed by atoms with Crippen LogP contribution >= 0.6 is 0 Å². The zero-order chi connectivity index (χ0) is 12.4. The van der Waals surface area contributed by atoms with Gasteiger partial charge in [-0.1, -0.05) is 24.3 Å².